The summed E-state index contributed by atoms with van der Waals surface area (Å²) in [5.41, 5.74) is 1.75. The Morgan fingerprint density at radius 2 is 2.39 bits per heavy atom. The zero-order valence-corrected chi connectivity index (χ0v) is 13.2. The van der Waals surface area contributed by atoms with Gasteiger partial charge in [-0.25, -0.2) is 4.79 Å². The molecule has 0 aromatic carbocycles. The van der Waals surface area contributed by atoms with Crippen LogP contribution in [0.15, 0.2) is 36.9 Å². The molecule has 0 unspecified atom stereocenters. The first-order chi connectivity index (χ1) is 11.2. The number of ether oxygens (including phenoxy) is 1. The van der Waals surface area contributed by atoms with E-state index in [-0.39, 0.29) is 12.1 Å². The third-order valence-corrected chi connectivity index (χ3v) is 3.83. The van der Waals surface area contributed by atoms with Crippen molar-refractivity contribution in [1.29, 1.82) is 0 Å². The van der Waals surface area contributed by atoms with Gasteiger partial charge in [-0.1, -0.05) is 6.07 Å². The molecule has 2 aromatic heterocycles. The van der Waals surface area contributed by atoms with Crippen LogP contribution < -0.4 is 5.32 Å². The topological polar surface area (TPSA) is 72.3 Å². The summed E-state index contributed by atoms with van der Waals surface area (Å²) in [5, 5.41) is 6.91. The fraction of sp³-hybridized carbons (Fsp3) is 0.438. The summed E-state index contributed by atoms with van der Waals surface area (Å²) in [7, 11) is 1.82. The number of hydrogen-bond acceptors (Lipinski definition) is 4. The van der Waals surface area contributed by atoms with E-state index < -0.39 is 0 Å². The molecule has 0 saturated carbocycles. The Balaban J connectivity index is 1.50. The van der Waals surface area contributed by atoms with Crippen molar-refractivity contribution < 1.29 is 9.53 Å². The van der Waals surface area contributed by atoms with Gasteiger partial charge in [0.15, 0.2) is 0 Å². The molecule has 1 aliphatic heterocycles. The Morgan fingerprint density at radius 3 is 3.13 bits per heavy atom. The van der Waals surface area contributed by atoms with Gasteiger partial charge in [0, 0.05) is 38.7 Å². The molecule has 7 nitrogen and oxygen atoms in total. The fourth-order valence-corrected chi connectivity index (χ4v) is 2.64. The van der Waals surface area contributed by atoms with Gasteiger partial charge in [0.1, 0.15) is 0 Å². The number of hydrogen-bond donors (Lipinski definition) is 1. The van der Waals surface area contributed by atoms with Crippen LogP contribution in [-0.4, -0.2) is 44.9 Å². The van der Waals surface area contributed by atoms with Gasteiger partial charge in [-0.15, -0.1) is 0 Å². The van der Waals surface area contributed by atoms with Crippen LogP contribution in [0.25, 0.3) is 0 Å². The van der Waals surface area contributed by atoms with Gasteiger partial charge >= 0.3 is 6.03 Å². The maximum absolute atomic E-state index is 12.3. The van der Waals surface area contributed by atoms with Crippen LogP contribution in [0.1, 0.15) is 18.4 Å². The Hall–Kier alpha value is -2.41. The number of likely N-dealkylation sites (tertiary alicyclic amines) is 1. The molecule has 23 heavy (non-hydrogen) atoms. The van der Waals surface area contributed by atoms with Crippen LogP contribution in [0.4, 0.5) is 10.5 Å². The lowest BCUT2D eigenvalue weighted by atomic mass is 10.1. The molecule has 0 aliphatic carbocycles. The molecule has 2 amide bonds. The predicted octanol–water partition coefficient (Wildman–Crippen LogP) is 2.03. The third-order valence-electron chi connectivity index (χ3n) is 3.83. The number of aryl methyl sites for hydroxylation is 1. The molecule has 3 rings (SSSR count). The second kappa shape index (κ2) is 7.23. The second-order valence-corrected chi connectivity index (χ2v) is 5.72. The number of anilines is 1. The van der Waals surface area contributed by atoms with Crippen LogP contribution in [0.2, 0.25) is 0 Å². The first-order valence-electron chi connectivity index (χ1n) is 7.76. The van der Waals surface area contributed by atoms with Gasteiger partial charge in [-0.3, -0.25) is 9.67 Å². The summed E-state index contributed by atoms with van der Waals surface area (Å²) in [6.07, 6.45) is 8.93. The van der Waals surface area contributed by atoms with E-state index in [1.165, 1.54) is 0 Å². The van der Waals surface area contributed by atoms with E-state index in [1.807, 2.05) is 19.2 Å². The zero-order chi connectivity index (χ0) is 16.1. The number of nitrogens with one attached hydrogen (secondary N) is 1. The third kappa shape index (κ3) is 4.29. The number of carbonyl (C=O) groups excluding carboxylic acids is 1. The molecule has 0 radical (unpaired) electrons. The van der Waals surface area contributed by atoms with Crippen LogP contribution in [0.5, 0.6) is 0 Å². The molecular formula is C16H21N5O2. The SMILES string of the molecule is Cn1cc(NC(=O)N2CCC[C@@H](OCc3cccnc3)C2)cn1. The van der Waals surface area contributed by atoms with Crippen molar-refractivity contribution in [3.05, 3.63) is 42.5 Å². The standard InChI is InChI=1S/C16H21N5O2/c1-20-10-14(9-18-20)19-16(22)21-7-3-5-15(11-21)23-12-13-4-2-6-17-8-13/h2,4,6,8-10,15H,3,5,7,11-12H2,1H3,(H,19,22)/t15-/m1/s1. The molecule has 1 N–H and O–H groups in total. The van der Waals surface area contributed by atoms with E-state index in [9.17, 15) is 4.79 Å². The molecule has 2 aromatic rings. The van der Waals surface area contributed by atoms with Crippen molar-refractivity contribution in [3.8, 4) is 0 Å². The zero-order valence-electron chi connectivity index (χ0n) is 13.2. The molecule has 1 saturated heterocycles. The largest absolute Gasteiger partial charge is 0.372 e. The van der Waals surface area contributed by atoms with E-state index in [1.54, 1.807) is 34.4 Å². The molecule has 0 bridgehead atoms. The Labute approximate surface area is 135 Å². The molecular weight excluding hydrogens is 294 g/mol. The minimum Gasteiger partial charge on any atom is -0.372 e. The number of rotatable bonds is 4. The van der Waals surface area contributed by atoms with E-state index in [4.69, 9.17) is 4.74 Å². The highest BCUT2D eigenvalue weighted by atomic mass is 16.5. The van der Waals surface area contributed by atoms with Gasteiger partial charge in [-0.05, 0) is 24.5 Å². The van der Waals surface area contributed by atoms with Crippen LogP contribution in [0.3, 0.4) is 0 Å². The van der Waals surface area contributed by atoms with Crippen LogP contribution in [0, 0.1) is 0 Å². The van der Waals surface area contributed by atoms with Crippen molar-refractivity contribution in [2.75, 3.05) is 18.4 Å². The number of amides is 2. The van der Waals surface area contributed by atoms with Crippen molar-refractivity contribution in [1.82, 2.24) is 19.7 Å². The summed E-state index contributed by atoms with van der Waals surface area (Å²) < 4.78 is 7.58. The number of aromatic nitrogens is 3. The van der Waals surface area contributed by atoms with Gasteiger partial charge in [0.05, 0.1) is 24.6 Å². The lowest BCUT2D eigenvalue weighted by Gasteiger charge is -2.32. The molecule has 1 fully saturated rings. The Bertz CT molecular complexity index is 643. The van der Waals surface area contributed by atoms with Gasteiger partial charge in [0.2, 0.25) is 0 Å². The molecule has 7 heteroatoms. The number of urea groups is 1. The number of piperidine rings is 1. The van der Waals surface area contributed by atoms with E-state index in [0.717, 1.165) is 24.9 Å². The normalized spacial score (nSPS) is 18.0. The quantitative estimate of drug-likeness (QED) is 0.937. The average Bonchev–Trinajstić information content (AvgIpc) is 2.99. The summed E-state index contributed by atoms with van der Waals surface area (Å²) in [6.45, 7) is 1.88. The predicted molar refractivity (Wildman–Crippen MR) is 85.8 cm³/mol. The van der Waals surface area contributed by atoms with Crippen molar-refractivity contribution in [3.63, 3.8) is 0 Å². The lowest BCUT2D eigenvalue weighted by Crippen LogP contribution is -2.45. The van der Waals surface area contributed by atoms with E-state index in [2.05, 4.69) is 15.4 Å². The fourth-order valence-electron chi connectivity index (χ4n) is 2.64. The molecule has 1 atom stereocenters. The monoisotopic (exact) mass is 315 g/mol. The Morgan fingerprint density at radius 1 is 1.48 bits per heavy atom. The molecule has 3 heterocycles. The van der Waals surface area contributed by atoms with E-state index in [0.29, 0.717) is 18.8 Å². The van der Waals surface area contributed by atoms with Crippen molar-refractivity contribution >= 4 is 11.7 Å². The van der Waals surface area contributed by atoms with Crippen molar-refractivity contribution in [2.45, 2.75) is 25.6 Å². The van der Waals surface area contributed by atoms with Gasteiger partial charge < -0.3 is 15.0 Å². The van der Waals surface area contributed by atoms with Gasteiger partial charge in [0.25, 0.3) is 0 Å². The lowest BCUT2D eigenvalue weighted by molar-refractivity contribution is 0.000916. The van der Waals surface area contributed by atoms with E-state index >= 15 is 0 Å². The molecule has 122 valence electrons. The summed E-state index contributed by atoms with van der Waals surface area (Å²) >= 11 is 0. The first kappa shape index (κ1) is 15.5. The minimum atomic E-state index is -0.104. The number of nitrogens with zero attached hydrogens (tertiary/aromatic N) is 4. The average molecular weight is 315 g/mol. The highest BCUT2D eigenvalue weighted by Crippen LogP contribution is 2.16. The number of pyridine rings is 1. The Kier molecular flexibility index (Phi) is 4.87. The maximum Gasteiger partial charge on any atom is 0.322 e. The summed E-state index contributed by atoms with van der Waals surface area (Å²) in [4.78, 5) is 18.2. The van der Waals surface area contributed by atoms with Crippen molar-refractivity contribution in [2.24, 2.45) is 7.05 Å². The number of carbonyl (C=O) groups is 1. The first-order valence-corrected chi connectivity index (χ1v) is 7.76. The second-order valence-electron chi connectivity index (χ2n) is 5.72. The summed E-state index contributed by atoms with van der Waals surface area (Å²) in [5.74, 6) is 0. The molecule has 1 aliphatic rings. The minimum absolute atomic E-state index is 0.0589. The van der Waals surface area contributed by atoms with Crippen LogP contribution in [-0.2, 0) is 18.4 Å². The summed E-state index contributed by atoms with van der Waals surface area (Å²) in [6, 6.07) is 3.78. The molecule has 0 spiro atoms. The maximum atomic E-state index is 12.3. The smallest absolute Gasteiger partial charge is 0.322 e. The highest BCUT2D eigenvalue weighted by molar-refractivity contribution is 5.89. The van der Waals surface area contributed by atoms with Crippen LogP contribution >= 0.6 is 0 Å². The highest BCUT2D eigenvalue weighted by Gasteiger charge is 2.24. The van der Waals surface area contributed by atoms with Gasteiger partial charge in [-0.2, -0.15) is 5.10 Å².